The summed E-state index contributed by atoms with van der Waals surface area (Å²) in [6.45, 7) is 9.20. The summed E-state index contributed by atoms with van der Waals surface area (Å²) in [4.78, 5) is 47.2. The molecule has 5 rings (SSSR count). The van der Waals surface area contributed by atoms with Crippen LogP contribution >= 0.6 is 0 Å². The molecule has 0 aliphatic carbocycles. The van der Waals surface area contributed by atoms with E-state index in [1.807, 2.05) is 50.2 Å². The topological polar surface area (TPSA) is 158 Å². The first-order valence-electron chi connectivity index (χ1n) is 17.8. The van der Waals surface area contributed by atoms with Crippen molar-refractivity contribution in [2.24, 2.45) is 5.92 Å². The summed E-state index contributed by atoms with van der Waals surface area (Å²) in [5.41, 5.74) is 1.96. The van der Waals surface area contributed by atoms with Gasteiger partial charge < -0.3 is 34.9 Å². The van der Waals surface area contributed by atoms with Crippen molar-refractivity contribution < 1.29 is 33.3 Å². The van der Waals surface area contributed by atoms with E-state index in [-0.39, 0.29) is 36.6 Å². The smallest absolute Gasteiger partial charge is 0.243 e. The minimum absolute atomic E-state index is 0.0685. The summed E-state index contributed by atoms with van der Waals surface area (Å²) in [5.74, 6) is 2.79. The SMILES string of the molecule is CC[C@H](C)[C@@H]1NC(=O)CCCN(Cc2ccc3c(c2)OCCO3)CCCNC(=O)Cn2nc(Cc3ccc(OC)c(OC)c3)nc2[C@@H](C)NC1=O. The van der Waals surface area contributed by atoms with E-state index in [4.69, 9.17) is 29.0 Å². The summed E-state index contributed by atoms with van der Waals surface area (Å²) in [6, 6.07) is 10.2. The van der Waals surface area contributed by atoms with Crippen LogP contribution in [0.3, 0.4) is 0 Å². The number of benzene rings is 2. The van der Waals surface area contributed by atoms with E-state index < -0.39 is 12.1 Å². The van der Waals surface area contributed by atoms with Gasteiger partial charge in [0.15, 0.2) is 28.8 Å². The molecule has 0 saturated carbocycles. The fourth-order valence-electron chi connectivity index (χ4n) is 6.30. The van der Waals surface area contributed by atoms with Crippen LogP contribution in [0, 0.1) is 5.92 Å². The molecule has 0 unspecified atom stereocenters. The highest BCUT2D eigenvalue weighted by Gasteiger charge is 2.29. The first kappa shape index (κ1) is 37.4. The van der Waals surface area contributed by atoms with Gasteiger partial charge in [-0.1, -0.05) is 32.4 Å². The Morgan fingerprint density at radius 3 is 2.43 bits per heavy atom. The fourth-order valence-corrected chi connectivity index (χ4v) is 6.30. The number of rotatable bonds is 8. The van der Waals surface area contributed by atoms with Gasteiger partial charge in [0, 0.05) is 32.5 Å². The molecule has 14 nitrogen and oxygen atoms in total. The highest BCUT2D eigenvalue weighted by molar-refractivity contribution is 5.88. The lowest BCUT2D eigenvalue weighted by molar-refractivity contribution is -0.130. The number of carbonyl (C=O) groups is 3. The summed E-state index contributed by atoms with van der Waals surface area (Å²) in [7, 11) is 3.16. The van der Waals surface area contributed by atoms with Crippen LogP contribution in [-0.4, -0.2) is 90.5 Å². The van der Waals surface area contributed by atoms with Crippen molar-refractivity contribution >= 4 is 17.7 Å². The average Bonchev–Trinajstić information content (AvgIpc) is 3.52. The maximum atomic E-state index is 13.7. The molecule has 0 saturated heterocycles. The van der Waals surface area contributed by atoms with E-state index in [9.17, 15) is 14.4 Å². The third-order valence-corrected chi connectivity index (χ3v) is 9.27. The summed E-state index contributed by atoms with van der Waals surface area (Å²) in [5, 5.41) is 13.8. The van der Waals surface area contributed by atoms with Crippen molar-refractivity contribution in [3.05, 3.63) is 59.2 Å². The predicted molar refractivity (Wildman–Crippen MR) is 190 cm³/mol. The minimum atomic E-state index is -0.733. The third-order valence-electron chi connectivity index (χ3n) is 9.27. The van der Waals surface area contributed by atoms with Gasteiger partial charge in [-0.2, -0.15) is 5.10 Å². The van der Waals surface area contributed by atoms with Crippen molar-refractivity contribution in [1.29, 1.82) is 0 Å². The molecule has 51 heavy (non-hydrogen) atoms. The second kappa shape index (κ2) is 17.9. The molecule has 3 N–H and O–H groups in total. The van der Waals surface area contributed by atoms with E-state index >= 15 is 0 Å². The van der Waals surface area contributed by atoms with Crippen LogP contribution in [0.5, 0.6) is 23.0 Å². The van der Waals surface area contributed by atoms with Crippen LogP contribution in [0.1, 0.15) is 75.3 Å². The molecule has 2 aliphatic rings. The van der Waals surface area contributed by atoms with Gasteiger partial charge in [0.25, 0.3) is 0 Å². The van der Waals surface area contributed by atoms with Crippen LogP contribution < -0.4 is 34.9 Å². The maximum Gasteiger partial charge on any atom is 0.243 e. The third kappa shape index (κ3) is 10.1. The second-order valence-corrected chi connectivity index (χ2v) is 13.1. The second-order valence-electron chi connectivity index (χ2n) is 13.1. The molecule has 14 heteroatoms. The van der Waals surface area contributed by atoms with E-state index in [2.05, 4.69) is 20.9 Å². The number of methoxy groups -OCH3 is 2. The Hall–Kier alpha value is -4.85. The Morgan fingerprint density at radius 2 is 1.67 bits per heavy atom. The molecule has 3 aromatic rings. The Labute approximate surface area is 299 Å². The Morgan fingerprint density at radius 1 is 0.922 bits per heavy atom. The summed E-state index contributed by atoms with van der Waals surface area (Å²) >= 11 is 0. The molecule has 3 atom stereocenters. The number of hydrogen-bond acceptors (Lipinski definition) is 10. The van der Waals surface area contributed by atoms with E-state index in [0.29, 0.717) is 88.2 Å². The quantitative estimate of drug-likeness (QED) is 0.318. The highest BCUT2D eigenvalue weighted by Crippen LogP contribution is 2.31. The maximum absolute atomic E-state index is 13.7. The highest BCUT2D eigenvalue weighted by atomic mass is 16.6. The summed E-state index contributed by atoms with van der Waals surface area (Å²) in [6.07, 6.45) is 2.66. The summed E-state index contributed by atoms with van der Waals surface area (Å²) < 4.78 is 23.9. The largest absolute Gasteiger partial charge is 0.493 e. The molecular formula is C37H51N7O7. The van der Waals surface area contributed by atoms with Gasteiger partial charge in [0.1, 0.15) is 31.6 Å². The van der Waals surface area contributed by atoms with E-state index in [1.54, 1.807) is 25.8 Å². The van der Waals surface area contributed by atoms with Crippen molar-refractivity contribution in [3.8, 4) is 23.0 Å². The molecule has 3 amide bonds. The van der Waals surface area contributed by atoms with Crippen LogP contribution in [0.15, 0.2) is 36.4 Å². The van der Waals surface area contributed by atoms with Crippen LogP contribution in [0.25, 0.3) is 0 Å². The molecule has 276 valence electrons. The van der Waals surface area contributed by atoms with Crippen LogP contribution in [0.4, 0.5) is 0 Å². The van der Waals surface area contributed by atoms with Gasteiger partial charge in [0.05, 0.1) is 20.3 Å². The fraction of sp³-hybridized carbons (Fsp3) is 0.541. The number of ether oxygens (including phenoxy) is 4. The van der Waals surface area contributed by atoms with E-state index in [1.165, 1.54) is 0 Å². The number of carbonyl (C=O) groups excluding carboxylic acids is 3. The van der Waals surface area contributed by atoms with Crippen LogP contribution in [-0.2, 0) is 33.9 Å². The number of amides is 3. The number of nitrogens with one attached hydrogen (secondary N) is 3. The molecule has 3 heterocycles. The Bertz CT molecular complexity index is 1660. The number of fused-ring (bicyclic) bond motifs is 2. The number of hydrogen-bond donors (Lipinski definition) is 3. The molecule has 0 bridgehead atoms. The predicted octanol–water partition coefficient (Wildman–Crippen LogP) is 3.17. The Kier molecular flexibility index (Phi) is 13.1. The monoisotopic (exact) mass is 705 g/mol. The lowest BCUT2D eigenvalue weighted by atomic mass is 9.97. The molecular weight excluding hydrogens is 654 g/mol. The zero-order valence-electron chi connectivity index (χ0n) is 30.3. The first-order valence-corrected chi connectivity index (χ1v) is 17.8. The normalized spacial score (nSPS) is 20.1. The molecule has 0 radical (unpaired) electrons. The van der Waals surface area contributed by atoms with Gasteiger partial charge in [-0.3, -0.25) is 19.3 Å². The average molecular weight is 706 g/mol. The molecule has 2 aliphatic heterocycles. The number of nitrogens with zero attached hydrogens (tertiary/aromatic N) is 4. The van der Waals surface area contributed by atoms with Crippen molar-refractivity contribution in [2.75, 3.05) is 47.1 Å². The van der Waals surface area contributed by atoms with E-state index in [0.717, 1.165) is 22.6 Å². The zero-order valence-corrected chi connectivity index (χ0v) is 30.3. The van der Waals surface area contributed by atoms with Gasteiger partial charge in [0.2, 0.25) is 17.7 Å². The van der Waals surface area contributed by atoms with Gasteiger partial charge in [-0.25, -0.2) is 9.67 Å². The molecule has 2 aromatic carbocycles. The Balaban J connectivity index is 1.36. The number of aromatic nitrogens is 3. The van der Waals surface area contributed by atoms with Crippen molar-refractivity contribution in [3.63, 3.8) is 0 Å². The minimum Gasteiger partial charge on any atom is -0.493 e. The lowest BCUT2D eigenvalue weighted by Gasteiger charge is -2.26. The van der Waals surface area contributed by atoms with Gasteiger partial charge in [-0.15, -0.1) is 0 Å². The first-order chi connectivity index (χ1) is 24.7. The zero-order chi connectivity index (χ0) is 36.3. The lowest BCUT2D eigenvalue weighted by Crippen LogP contribution is -2.51. The molecule has 0 fully saturated rings. The van der Waals surface area contributed by atoms with Gasteiger partial charge in [-0.05, 0) is 67.6 Å². The van der Waals surface area contributed by atoms with Crippen molar-refractivity contribution in [2.45, 2.75) is 78.0 Å². The van der Waals surface area contributed by atoms with Gasteiger partial charge >= 0.3 is 0 Å². The van der Waals surface area contributed by atoms with Crippen molar-refractivity contribution in [1.82, 2.24) is 35.6 Å². The van der Waals surface area contributed by atoms with Crippen LogP contribution in [0.2, 0.25) is 0 Å². The molecule has 0 spiro atoms. The standard InChI is InChI=1S/C37H51N7O7/c1-6-24(2)35-37(47)39-25(3)36-40-32(21-26-10-12-28(48-4)30(19-26)49-5)42-44(36)23-34(46)38-14-8-16-43(15-7-9-33(45)41-35)22-27-11-13-29-31(20-27)51-18-17-50-29/h10-13,19-20,24-25,35H,6-9,14-18,21-23H2,1-5H3,(H,38,46)(H,39,47)(H,41,45)/t24-,25+,35-/m0/s1. The molecule has 1 aromatic heterocycles.